The zero-order valence-electron chi connectivity index (χ0n) is 34.6. The number of hydrogen-bond acceptors (Lipinski definition) is 9. The van der Waals surface area contributed by atoms with E-state index in [4.69, 9.17) is 4.74 Å². The van der Waals surface area contributed by atoms with E-state index < -0.39 is 10.8 Å². The van der Waals surface area contributed by atoms with Gasteiger partial charge in [-0.1, -0.05) is 97.1 Å². The van der Waals surface area contributed by atoms with Crippen molar-refractivity contribution in [3.63, 3.8) is 0 Å². The second kappa shape index (κ2) is 18.4. The number of hydrogen-bond donors (Lipinski definition) is 4. The lowest BCUT2D eigenvalue weighted by Gasteiger charge is -2.08. The Morgan fingerprint density at radius 1 is 0.569 bits per heavy atom. The average Bonchev–Trinajstić information content (AvgIpc) is 3.93. The Labute approximate surface area is 370 Å². The normalized spacial score (nSPS) is 11.3. The number of non-ortho nitro benzene ring substituents is 1. The number of benzene rings is 6. The van der Waals surface area contributed by atoms with Gasteiger partial charge in [0, 0.05) is 55.8 Å². The zero-order valence-corrected chi connectivity index (χ0v) is 34.6. The number of methoxy groups -OCH3 is 1. The van der Waals surface area contributed by atoms with Crippen LogP contribution >= 0.6 is 0 Å². The quantitative estimate of drug-likeness (QED) is 0.0597. The van der Waals surface area contributed by atoms with Crippen molar-refractivity contribution in [2.45, 2.75) is 0 Å². The number of rotatable bonds is 10. The maximum absolute atomic E-state index is 12.9. The molecule has 14 heteroatoms. The fraction of sp³-hybridized carbons (Fsp3) is 0.0196. The third-order valence-electron chi connectivity index (χ3n) is 10.5. The minimum absolute atomic E-state index is 0.0131. The van der Waals surface area contributed by atoms with Crippen LogP contribution in [0, 0.1) is 10.1 Å². The SMILES string of the molecule is COc1ccc(-c2nc(C(=O)N/N=C\c3ccccc3)cc3c2[nH]c2ccccc23)cc1.O=C(N/N=C\c1ccc([N+](=O)[O-])cc1)c1cc2c([nH]c3ccccc32)c(-c2ccccc2)n1. The summed E-state index contributed by atoms with van der Waals surface area (Å²) in [5, 5.41) is 22.7. The Morgan fingerprint density at radius 3 is 1.51 bits per heavy atom. The minimum Gasteiger partial charge on any atom is -0.497 e. The number of nitrogens with zero attached hydrogens (tertiary/aromatic N) is 5. The number of nitrogens with one attached hydrogen (secondary N) is 4. The van der Waals surface area contributed by atoms with Gasteiger partial charge in [-0.2, -0.15) is 10.2 Å². The molecule has 4 N–H and O–H groups in total. The van der Waals surface area contributed by atoms with E-state index in [1.165, 1.54) is 18.3 Å². The Bertz CT molecular complexity index is 3420. The number of hydrazone groups is 2. The number of H-pyrrole nitrogens is 2. The van der Waals surface area contributed by atoms with Crippen molar-refractivity contribution in [3.05, 3.63) is 202 Å². The van der Waals surface area contributed by atoms with E-state index in [0.29, 0.717) is 22.6 Å². The third kappa shape index (κ3) is 8.89. The number of nitro benzene ring substituents is 1. The number of carbonyl (C=O) groups is 2. The minimum atomic E-state index is -0.473. The van der Waals surface area contributed by atoms with Crippen LogP contribution < -0.4 is 15.6 Å². The lowest BCUT2D eigenvalue weighted by atomic mass is 10.1. The summed E-state index contributed by atoms with van der Waals surface area (Å²) in [6.07, 6.45) is 3.02. The lowest BCUT2D eigenvalue weighted by Crippen LogP contribution is -2.19. The van der Waals surface area contributed by atoms with Crippen molar-refractivity contribution in [1.82, 2.24) is 30.8 Å². The van der Waals surface area contributed by atoms with Crippen LogP contribution in [0.25, 0.3) is 66.1 Å². The number of carbonyl (C=O) groups excluding carboxylic acids is 2. The topological polar surface area (TPSA) is 193 Å². The van der Waals surface area contributed by atoms with Gasteiger partial charge in [0.05, 0.1) is 46.9 Å². The highest BCUT2D eigenvalue weighted by Crippen LogP contribution is 2.34. The highest BCUT2D eigenvalue weighted by molar-refractivity contribution is 6.14. The molecule has 0 aliphatic carbocycles. The second-order valence-electron chi connectivity index (χ2n) is 14.7. The highest BCUT2D eigenvalue weighted by Gasteiger charge is 2.19. The largest absolute Gasteiger partial charge is 0.497 e. The van der Waals surface area contributed by atoms with Gasteiger partial charge in [-0.25, -0.2) is 20.8 Å². The van der Waals surface area contributed by atoms with E-state index in [2.05, 4.69) is 41.0 Å². The molecule has 10 rings (SSSR count). The summed E-state index contributed by atoms with van der Waals surface area (Å²) in [5.41, 5.74) is 13.9. The van der Waals surface area contributed by atoms with E-state index in [0.717, 1.165) is 66.1 Å². The summed E-state index contributed by atoms with van der Waals surface area (Å²) in [4.78, 5) is 52.3. The zero-order chi connectivity index (χ0) is 44.7. The summed E-state index contributed by atoms with van der Waals surface area (Å²) in [6.45, 7) is 0. The molecule has 0 aliphatic heterocycles. The third-order valence-corrected chi connectivity index (χ3v) is 10.5. The molecule has 0 unspecified atom stereocenters. The standard InChI is InChI=1S/C26H20N4O2.C25H17N5O3/c1-32-19-13-11-18(12-14-19)24-25-21(20-9-5-6-10-22(20)28-25)15-23(29-24)26(31)30-27-16-17-7-3-2-4-8-17;31-25(29-26-15-16-10-12-18(13-11-16)30(32)33)22-14-20-19-8-4-5-9-21(19)27-24(20)23(28-22)17-6-2-1-3-7-17/h2-16,28H,1H3,(H,30,31);1-15,27H,(H,29,31)/b27-16-;26-15-. The smallest absolute Gasteiger partial charge is 0.289 e. The molecule has 0 radical (unpaired) electrons. The van der Waals surface area contributed by atoms with Gasteiger partial charge in [0.25, 0.3) is 17.5 Å². The molecular formula is C51H37N9O5. The molecule has 6 aromatic carbocycles. The number of pyridine rings is 2. The number of para-hydroxylation sites is 2. The Balaban J connectivity index is 0.000000164. The van der Waals surface area contributed by atoms with Gasteiger partial charge in [-0.3, -0.25) is 19.7 Å². The summed E-state index contributed by atoms with van der Waals surface area (Å²) < 4.78 is 5.28. The molecule has 2 amide bonds. The Kier molecular flexibility index (Phi) is 11.6. The molecule has 10 aromatic rings. The Hall–Kier alpha value is -9.30. The first-order valence-electron chi connectivity index (χ1n) is 20.3. The van der Waals surface area contributed by atoms with Crippen LogP contribution in [-0.2, 0) is 0 Å². The number of aromatic nitrogens is 4. The van der Waals surface area contributed by atoms with Crippen LogP contribution in [0.1, 0.15) is 32.1 Å². The number of ether oxygens (including phenoxy) is 1. The van der Waals surface area contributed by atoms with Gasteiger partial charge in [0.15, 0.2) is 0 Å². The summed E-state index contributed by atoms with van der Waals surface area (Å²) in [5.74, 6) is -0.0811. The van der Waals surface area contributed by atoms with Crippen molar-refractivity contribution in [3.8, 4) is 28.3 Å². The Morgan fingerprint density at radius 2 is 1.02 bits per heavy atom. The predicted octanol–water partition coefficient (Wildman–Crippen LogP) is 10.2. The van der Waals surface area contributed by atoms with Gasteiger partial charge >= 0.3 is 0 Å². The molecule has 4 heterocycles. The van der Waals surface area contributed by atoms with E-state index in [1.54, 1.807) is 37.6 Å². The maximum Gasteiger partial charge on any atom is 0.289 e. The first-order chi connectivity index (χ1) is 31.8. The van der Waals surface area contributed by atoms with Crippen LogP contribution in [-0.4, -0.2) is 56.2 Å². The van der Waals surface area contributed by atoms with Gasteiger partial charge in [0.2, 0.25) is 0 Å². The molecule has 0 saturated heterocycles. The molecule has 0 aliphatic rings. The molecule has 0 atom stereocenters. The van der Waals surface area contributed by atoms with Gasteiger partial charge in [-0.05, 0) is 71.8 Å². The van der Waals surface area contributed by atoms with Crippen molar-refractivity contribution < 1.29 is 19.2 Å². The first kappa shape index (κ1) is 41.1. The molecule has 316 valence electrons. The molecule has 0 spiro atoms. The molecule has 65 heavy (non-hydrogen) atoms. The molecule has 0 fully saturated rings. The van der Waals surface area contributed by atoms with Crippen LogP contribution in [0.5, 0.6) is 5.75 Å². The van der Waals surface area contributed by atoms with Crippen LogP contribution in [0.3, 0.4) is 0 Å². The molecule has 0 bridgehead atoms. The lowest BCUT2D eigenvalue weighted by molar-refractivity contribution is -0.384. The van der Waals surface area contributed by atoms with Gasteiger partial charge < -0.3 is 14.7 Å². The average molecular weight is 856 g/mol. The van der Waals surface area contributed by atoms with E-state index in [-0.39, 0.29) is 17.3 Å². The van der Waals surface area contributed by atoms with Crippen LogP contribution in [0.4, 0.5) is 5.69 Å². The molecule has 4 aromatic heterocycles. The number of fused-ring (bicyclic) bond motifs is 6. The monoisotopic (exact) mass is 855 g/mol. The van der Waals surface area contributed by atoms with Crippen molar-refractivity contribution in [1.29, 1.82) is 0 Å². The fourth-order valence-electron chi connectivity index (χ4n) is 7.35. The van der Waals surface area contributed by atoms with E-state index in [1.807, 2.05) is 133 Å². The molecular weight excluding hydrogens is 819 g/mol. The molecule has 14 nitrogen and oxygen atoms in total. The second-order valence-corrected chi connectivity index (χ2v) is 14.7. The van der Waals surface area contributed by atoms with E-state index in [9.17, 15) is 19.7 Å². The fourth-order valence-corrected chi connectivity index (χ4v) is 7.35. The van der Waals surface area contributed by atoms with Crippen molar-refractivity contribution in [2.75, 3.05) is 7.11 Å². The predicted molar refractivity (Wildman–Crippen MR) is 254 cm³/mol. The van der Waals surface area contributed by atoms with E-state index >= 15 is 0 Å². The summed E-state index contributed by atoms with van der Waals surface area (Å²) >= 11 is 0. The number of nitro groups is 1. The molecule has 0 saturated carbocycles. The maximum atomic E-state index is 12.9. The number of amides is 2. The van der Waals surface area contributed by atoms with Gasteiger partial charge in [-0.15, -0.1) is 0 Å². The van der Waals surface area contributed by atoms with Crippen molar-refractivity contribution >= 4 is 73.5 Å². The van der Waals surface area contributed by atoms with Crippen LogP contribution in [0.2, 0.25) is 0 Å². The number of aromatic amines is 2. The van der Waals surface area contributed by atoms with Crippen molar-refractivity contribution in [2.24, 2.45) is 10.2 Å². The van der Waals surface area contributed by atoms with Crippen LogP contribution in [0.15, 0.2) is 180 Å². The summed E-state index contributed by atoms with van der Waals surface area (Å²) in [7, 11) is 1.63. The van der Waals surface area contributed by atoms with Gasteiger partial charge in [0.1, 0.15) is 17.1 Å². The highest BCUT2D eigenvalue weighted by atomic mass is 16.6. The first-order valence-corrected chi connectivity index (χ1v) is 20.3. The summed E-state index contributed by atoms with van der Waals surface area (Å²) in [6, 6.07) is 52.1.